The molecule has 0 heterocycles. The van der Waals surface area contributed by atoms with Crippen molar-refractivity contribution in [3.8, 4) is 0 Å². The molecule has 0 radical (unpaired) electrons. The van der Waals surface area contributed by atoms with Gasteiger partial charge in [-0.15, -0.1) is 0 Å². The van der Waals surface area contributed by atoms with E-state index in [0.29, 0.717) is 5.70 Å². The molecule has 0 aliphatic heterocycles. The van der Waals surface area contributed by atoms with Crippen molar-refractivity contribution in [3.63, 3.8) is 0 Å². The molecule has 0 aromatic rings. The van der Waals surface area contributed by atoms with E-state index in [1.54, 1.807) is 20.2 Å². The third kappa shape index (κ3) is 8.44. The first kappa shape index (κ1) is 18.3. The van der Waals surface area contributed by atoms with Crippen LogP contribution in [0.5, 0.6) is 0 Å². The molecule has 1 unspecified atom stereocenters. The molecule has 0 spiro atoms. The molecule has 4 nitrogen and oxygen atoms in total. The first-order valence-corrected chi connectivity index (χ1v) is 6.26. The van der Waals surface area contributed by atoms with E-state index in [9.17, 15) is 8.78 Å². The average molecular weight is 287 g/mol. The van der Waals surface area contributed by atoms with E-state index < -0.39 is 12.5 Å². The van der Waals surface area contributed by atoms with Gasteiger partial charge in [-0.3, -0.25) is 5.84 Å². The van der Waals surface area contributed by atoms with E-state index in [1.807, 2.05) is 13.0 Å². The van der Waals surface area contributed by atoms with Gasteiger partial charge in [0.1, 0.15) is 12.5 Å². The number of hydrogen-bond acceptors (Lipinski definition) is 4. The number of nitrogens with two attached hydrogens (primary N) is 1. The summed E-state index contributed by atoms with van der Waals surface area (Å²) in [4.78, 5) is 0. The van der Waals surface area contributed by atoms with E-state index in [4.69, 9.17) is 10.6 Å². The van der Waals surface area contributed by atoms with E-state index in [1.165, 1.54) is 18.2 Å². The Morgan fingerprint density at radius 2 is 2.15 bits per heavy atom. The Labute approximate surface area is 119 Å². The lowest BCUT2D eigenvalue weighted by molar-refractivity contribution is 0.105. The van der Waals surface area contributed by atoms with Crippen LogP contribution in [0.4, 0.5) is 8.78 Å². The Kier molecular flexibility index (Phi) is 10.3. The fourth-order valence-corrected chi connectivity index (χ4v) is 1.39. The van der Waals surface area contributed by atoms with Gasteiger partial charge in [0.15, 0.2) is 0 Å². The van der Waals surface area contributed by atoms with Gasteiger partial charge in [-0.2, -0.15) is 0 Å². The molecule has 1 atom stereocenters. The van der Waals surface area contributed by atoms with E-state index in [0.717, 1.165) is 5.57 Å². The van der Waals surface area contributed by atoms with Gasteiger partial charge in [0.25, 0.3) is 0 Å². The lowest BCUT2D eigenvalue weighted by Gasteiger charge is -2.12. The van der Waals surface area contributed by atoms with Crippen LogP contribution in [0.1, 0.15) is 13.8 Å². The highest BCUT2D eigenvalue weighted by atomic mass is 19.1. The Bertz CT molecular complexity index is 390. The zero-order valence-electron chi connectivity index (χ0n) is 12.1. The molecule has 0 aliphatic rings. The number of allylic oxidation sites excluding steroid dienone is 4. The summed E-state index contributed by atoms with van der Waals surface area (Å²) in [6.45, 7) is 2.87. The first-order chi connectivity index (χ1) is 9.54. The number of alkyl halides is 1. The highest BCUT2D eigenvalue weighted by Gasteiger charge is 2.04. The van der Waals surface area contributed by atoms with Gasteiger partial charge in [0.2, 0.25) is 0 Å². The molecule has 114 valence electrons. The first-order valence-electron chi connectivity index (χ1n) is 6.26. The zero-order chi connectivity index (χ0) is 15.4. The van der Waals surface area contributed by atoms with Crippen molar-refractivity contribution in [1.29, 1.82) is 0 Å². The summed E-state index contributed by atoms with van der Waals surface area (Å²) >= 11 is 0. The Morgan fingerprint density at radius 3 is 2.70 bits per heavy atom. The fraction of sp³-hybridized carbons (Fsp3) is 0.429. The molecule has 0 rings (SSSR count). The summed E-state index contributed by atoms with van der Waals surface area (Å²) in [6.07, 6.45) is 6.95. The molecule has 0 saturated carbocycles. The van der Waals surface area contributed by atoms with Gasteiger partial charge >= 0.3 is 0 Å². The van der Waals surface area contributed by atoms with Crippen molar-refractivity contribution in [1.82, 2.24) is 10.7 Å². The Balaban J connectivity index is 4.41. The SMILES string of the molecule is CN/C=C(NN)\C(C)=C/C(C)OC/C(F)=C\C=C/CF. The quantitative estimate of drug-likeness (QED) is 0.346. The number of nitrogens with one attached hydrogen (secondary N) is 2. The van der Waals surface area contributed by atoms with E-state index in [2.05, 4.69) is 10.7 Å². The predicted molar refractivity (Wildman–Crippen MR) is 77.9 cm³/mol. The molecule has 6 heteroatoms. The monoisotopic (exact) mass is 287 g/mol. The third-order valence-electron chi connectivity index (χ3n) is 2.34. The highest BCUT2D eigenvalue weighted by Crippen LogP contribution is 2.08. The van der Waals surface area contributed by atoms with Gasteiger partial charge in [-0.1, -0.05) is 18.2 Å². The zero-order valence-corrected chi connectivity index (χ0v) is 12.1. The van der Waals surface area contributed by atoms with Gasteiger partial charge in [-0.25, -0.2) is 8.78 Å². The van der Waals surface area contributed by atoms with Gasteiger partial charge in [0, 0.05) is 13.2 Å². The topological polar surface area (TPSA) is 59.3 Å². The van der Waals surface area contributed by atoms with Crippen molar-refractivity contribution >= 4 is 0 Å². The second kappa shape index (κ2) is 11.2. The molecule has 0 aromatic carbocycles. The molecule has 0 fully saturated rings. The van der Waals surface area contributed by atoms with Crippen LogP contribution in [0.3, 0.4) is 0 Å². The van der Waals surface area contributed by atoms with Crippen LogP contribution in [-0.4, -0.2) is 26.4 Å². The molecular formula is C14H23F2N3O. The minimum Gasteiger partial charge on any atom is -0.392 e. The number of halogens is 2. The van der Waals surface area contributed by atoms with Crippen molar-refractivity contribution in [3.05, 3.63) is 47.6 Å². The summed E-state index contributed by atoms with van der Waals surface area (Å²) < 4.78 is 30.3. The molecule has 0 aliphatic carbocycles. The predicted octanol–water partition coefficient (Wildman–Crippen LogP) is 2.24. The largest absolute Gasteiger partial charge is 0.392 e. The van der Waals surface area contributed by atoms with Crippen LogP contribution in [0.15, 0.2) is 47.6 Å². The summed E-state index contributed by atoms with van der Waals surface area (Å²) in [5.41, 5.74) is 4.14. The van der Waals surface area contributed by atoms with Crippen molar-refractivity contribution in [2.75, 3.05) is 20.3 Å². The van der Waals surface area contributed by atoms with Crippen LogP contribution in [-0.2, 0) is 4.74 Å². The number of rotatable bonds is 9. The molecule has 0 aromatic heterocycles. The third-order valence-corrected chi connectivity index (χ3v) is 2.34. The molecular weight excluding hydrogens is 264 g/mol. The standard InChI is InChI=1S/C14H23F2N3O/c1-11(14(19-17)9-18-3)8-12(2)20-10-13(16)6-4-5-7-15/h4-6,8-9,12,18-19H,7,10,17H2,1-3H3/b5-4-,11-8-,13-6+,14-9+. The highest BCUT2D eigenvalue weighted by molar-refractivity contribution is 5.27. The Hall–Kier alpha value is -1.66. The fourth-order valence-electron chi connectivity index (χ4n) is 1.39. The molecule has 4 N–H and O–H groups in total. The van der Waals surface area contributed by atoms with Crippen molar-refractivity contribution in [2.45, 2.75) is 20.0 Å². The number of hydrogen-bond donors (Lipinski definition) is 3. The maximum atomic E-state index is 13.3. The minimum atomic E-state index is -0.615. The summed E-state index contributed by atoms with van der Waals surface area (Å²) in [5, 5.41) is 2.86. The van der Waals surface area contributed by atoms with Gasteiger partial charge in [0.05, 0.1) is 18.4 Å². The van der Waals surface area contributed by atoms with Gasteiger partial charge < -0.3 is 15.5 Å². The van der Waals surface area contributed by atoms with Crippen LogP contribution < -0.4 is 16.6 Å². The maximum absolute atomic E-state index is 13.3. The van der Waals surface area contributed by atoms with Crippen molar-refractivity contribution in [2.24, 2.45) is 5.84 Å². The van der Waals surface area contributed by atoms with Gasteiger partial charge in [-0.05, 0) is 25.5 Å². The van der Waals surface area contributed by atoms with Crippen LogP contribution in [0.25, 0.3) is 0 Å². The molecule has 20 heavy (non-hydrogen) atoms. The van der Waals surface area contributed by atoms with Crippen molar-refractivity contribution < 1.29 is 13.5 Å². The maximum Gasteiger partial charge on any atom is 0.126 e. The van der Waals surface area contributed by atoms with E-state index >= 15 is 0 Å². The summed E-state index contributed by atoms with van der Waals surface area (Å²) in [5.74, 6) is 4.92. The van der Waals surface area contributed by atoms with Crippen LogP contribution in [0, 0.1) is 0 Å². The average Bonchev–Trinajstić information content (AvgIpc) is 2.42. The second-order valence-corrected chi connectivity index (χ2v) is 4.05. The summed E-state index contributed by atoms with van der Waals surface area (Å²) in [7, 11) is 1.76. The number of hydrazine groups is 1. The minimum absolute atomic E-state index is 0.164. The number of ether oxygens (including phenoxy) is 1. The van der Waals surface area contributed by atoms with E-state index in [-0.39, 0.29) is 12.7 Å². The normalized spacial score (nSPS) is 15.6. The molecule has 0 bridgehead atoms. The Morgan fingerprint density at radius 1 is 1.45 bits per heavy atom. The second-order valence-electron chi connectivity index (χ2n) is 4.05. The lowest BCUT2D eigenvalue weighted by atomic mass is 10.2. The summed E-state index contributed by atoms with van der Waals surface area (Å²) in [6, 6.07) is 0. The molecule has 0 saturated heterocycles. The van der Waals surface area contributed by atoms with Crippen LogP contribution in [0.2, 0.25) is 0 Å². The lowest BCUT2D eigenvalue weighted by Crippen LogP contribution is -2.24. The smallest absolute Gasteiger partial charge is 0.126 e. The van der Waals surface area contributed by atoms with Crippen LogP contribution >= 0.6 is 0 Å². The molecule has 0 amide bonds.